The summed E-state index contributed by atoms with van der Waals surface area (Å²) >= 11 is 0. The maximum absolute atomic E-state index is 13.2. The number of sulfonamides is 1. The van der Waals surface area contributed by atoms with E-state index in [4.69, 9.17) is 9.72 Å². The summed E-state index contributed by atoms with van der Waals surface area (Å²) < 4.78 is 36.5. The molecule has 0 spiro atoms. The number of hydrogen-bond acceptors (Lipinski definition) is 7. The third kappa shape index (κ3) is 9.64. The zero-order valence-electron chi connectivity index (χ0n) is 25.0. The summed E-state index contributed by atoms with van der Waals surface area (Å²) in [6, 6.07) is 19.1. The third-order valence-electron chi connectivity index (χ3n) is 7.59. The first-order chi connectivity index (χ1) is 20.3. The Balaban J connectivity index is 1.46. The Kier molecular flexibility index (Phi) is 11.5. The maximum Gasteiger partial charge on any atom is 0.410 e. The molecule has 2 aromatic carbocycles. The monoisotopic (exact) mass is 596 g/mol. The van der Waals surface area contributed by atoms with Crippen molar-refractivity contribution in [1.29, 1.82) is 0 Å². The first kappa shape index (κ1) is 31.7. The van der Waals surface area contributed by atoms with Crippen LogP contribution in [-0.4, -0.2) is 70.5 Å². The number of nitrogens with zero attached hydrogens (tertiary/aromatic N) is 5. The van der Waals surface area contributed by atoms with Gasteiger partial charge in [-0.2, -0.15) is 5.10 Å². The molecule has 1 aliphatic carbocycles. The summed E-state index contributed by atoms with van der Waals surface area (Å²) in [6.45, 7) is 7.10. The van der Waals surface area contributed by atoms with Gasteiger partial charge in [-0.3, -0.25) is 9.58 Å². The number of rotatable bonds is 17. The lowest BCUT2D eigenvalue weighted by molar-refractivity contribution is 0.0896. The van der Waals surface area contributed by atoms with Gasteiger partial charge in [-0.1, -0.05) is 74.5 Å². The molecular weight excluding hydrogens is 552 g/mol. The second-order valence-corrected chi connectivity index (χ2v) is 12.7. The van der Waals surface area contributed by atoms with Crippen LogP contribution in [0.2, 0.25) is 0 Å². The van der Waals surface area contributed by atoms with Crippen molar-refractivity contribution in [1.82, 2.24) is 29.3 Å². The molecule has 0 aliphatic heterocycles. The molecule has 1 N–H and O–H groups in total. The summed E-state index contributed by atoms with van der Waals surface area (Å²) in [7, 11) is -1.80. The Labute approximate surface area is 250 Å². The van der Waals surface area contributed by atoms with E-state index in [2.05, 4.69) is 28.6 Å². The summed E-state index contributed by atoms with van der Waals surface area (Å²) in [5.41, 5.74) is 2.04. The largest absolute Gasteiger partial charge is 0.445 e. The summed E-state index contributed by atoms with van der Waals surface area (Å²) in [6.07, 6.45) is 3.16. The molecule has 0 unspecified atom stereocenters. The van der Waals surface area contributed by atoms with Crippen LogP contribution in [0.1, 0.15) is 68.3 Å². The standard InChI is InChI=1S/C31H44N6O4S/c1-4-36(5-2)21-12-22-42(39,40)34-28(20-17-25-13-8-6-9-14-25)30-32-29(35(3)33-30)23-37(27-18-19-27)31(38)41-24-26-15-10-7-11-16-26/h6-11,13-16,27-28,34H,4-5,12,17-24H2,1-3H3/t28-/m1/s1. The Hall–Kier alpha value is -3.28. The minimum absolute atomic E-state index is 0.0355. The van der Waals surface area contributed by atoms with E-state index in [0.29, 0.717) is 30.9 Å². The molecule has 1 heterocycles. The zero-order valence-corrected chi connectivity index (χ0v) is 25.8. The average Bonchev–Trinajstić information content (AvgIpc) is 3.77. The van der Waals surface area contributed by atoms with Gasteiger partial charge in [0, 0.05) is 13.1 Å². The molecule has 11 heteroatoms. The van der Waals surface area contributed by atoms with Crippen molar-refractivity contribution in [3.05, 3.63) is 83.4 Å². The number of aromatic nitrogens is 3. The number of benzene rings is 2. The summed E-state index contributed by atoms with van der Waals surface area (Å²) in [5, 5.41) is 4.62. The summed E-state index contributed by atoms with van der Waals surface area (Å²) in [5.74, 6) is 1.02. The van der Waals surface area contributed by atoms with E-state index >= 15 is 0 Å². The predicted molar refractivity (Wildman–Crippen MR) is 163 cm³/mol. The second kappa shape index (κ2) is 15.3. The molecule has 0 radical (unpaired) electrons. The highest BCUT2D eigenvalue weighted by molar-refractivity contribution is 7.89. The van der Waals surface area contributed by atoms with Gasteiger partial charge in [0.2, 0.25) is 10.0 Å². The number of hydrogen-bond donors (Lipinski definition) is 1. The topological polar surface area (TPSA) is 110 Å². The highest BCUT2D eigenvalue weighted by atomic mass is 32.2. The Morgan fingerprint density at radius 2 is 1.69 bits per heavy atom. The van der Waals surface area contributed by atoms with E-state index in [-0.39, 0.29) is 31.0 Å². The fourth-order valence-corrected chi connectivity index (χ4v) is 6.18. The SMILES string of the molecule is CCN(CC)CCCS(=O)(=O)N[C@H](CCc1ccccc1)c1nc(CN(C(=O)OCc2ccccc2)C2CC2)n(C)n1. The molecule has 0 saturated heterocycles. The lowest BCUT2D eigenvalue weighted by Gasteiger charge is -2.21. The fraction of sp³-hybridized carbons (Fsp3) is 0.516. The molecule has 1 aliphatic rings. The van der Waals surface area contributed by atoms with Crippen LogP contribution in [0.5, 0.6) is 0 Å². The van der Waals surface area contributed by atoms with Crippen LogP contribution in [0.25, 0.3) is 0 Å². The molecule has 228 valence electrons. The van der Waals surface area contributed by atoms with E-state index in [9.17, 15) is 13.2 Å². The van der Waals surface area contributed by atoms with E-state index in [1.165, 1.54) is 0 Å². The molecule has 1 fully saturated rings. The van der Waals surface area contributed by atoms with Gasteiger partial charge >= 0.3 is 6.09 Å². The van der Waals surface area contributed by atoms with Crippen molar-refractivity contribution < 1.29 is 17.9 Å². The number of amides is 1. The maximum atomic E-state index is 13.2. The van der Waals surface area contributed by atoms with Crippen LogP contribution in [0.4, 0.5) is 4.79 Å². The van der Waals surface area contributed by atoms with Crippen LogP contribution in [0.15, 0.2) is 60.7 Å². The second-order valence-electron chi connectivity index (χ2n) is 10.8. The number of ether oxygens (including phenoxy) is 1. The minimum atomic E-state index is -3.57. The van der Waals surface area contributed by atoms with E-state index in [1.807, 2.05) is 60.7 Å². The molecule has 1 aromatic heterocycles. The zero-order chi connectivity index (χ0) is 30.0. The molecule has 0 bridgehead atoms. The molecule has 1 amide bonds. The van der Waals surface area contributed by atoms with Gasteiger partial charge < -0.3 is 9.64 Å². The summed E-state index contributed by atoms with van der Waals surface area (Å²) in [4.78, 5) is 21.7. The van der Waals surface area contributed by atoms with E-state index in [1.54, 1.807) is 16.6 Å². The van der Waals surface area contributed by atoms with Crippen LogP contribution in [-0.2, 0) is 41.4 Å². The van der Waals surface area contributed by atoms with Crippen molar-refractivity contribution in [3.63, 3.8) is 0 Å². The molecule has 42 heavy (non-hydrogen) atoms. The van der Waals surface area contributed by atoms with E-state index in [0.717, 1.165) is 43.6 Å². The van der Waals surface area contributed by atoms with Crippen molar-refractivity contribution in [2.45, 2.75) is 71.2 Å². The minimum Gasteiger partial charge on any atom is -0.445 e. The van der Waals surface area contributed by atoms with Crippen LogP contribution in [0.3, 0.4) is 0 Å². The van der Waals surface area contributed by atoms with Gasteiger partial charge in [-0.25, -0.2) is 22.9 Å². The average molecular weight is 597 g/mol. The molecule has 1 atom stereocenters. The Bertz CT molecular complexity index is 1360. The first-order valence-corrected chi connectivity index (χ1v) is 16.6. The molecule has 3 aromatic rings. The smallest absolute Gasteiger partial charge is 0.410 e. The molecule has 4 rings (SSSR count). The van der Waals surface area contributed by atoms with Crippen molar-refractivity contribution >= 4 is 16.1 Å². The number of carbonyl (C=O) groups excluding carboxylic acids is 1. The lowest BCUT2D eigenvalue weighted by atomic mass is 10.1. The molecular formula is C31H44N6O4S. The Morgan fingerprint density at radius 1 is 1.05 bits per heavy atom. The normalized spacial score (nSPS) is 14.2. The Morgan fingerprint density at radius 3 is 2.31 bits per heavy atom. The quantitative estimate of drug-likeness (QED) is 0.245. The van der Waals surface area contributed by atoms with Gasteiger partial charge in [0.05, 0.1) is 18.3 Å². The van der Waals surface area contributed by atoms with Gasteiger partial charge in [-0.15, -0.1) is 0 Å². The van der Waals surface area contributed by atoms with E-state index < -0.39 is 16.1 Å². The van der Waals surface area contributed by atoms with Gasteiger partial charge in [0.15, 0.2) is 5.82 Å². The van der Waals surface area contributed by atoms with Crippen molar-refractivity contribution in [2.24, 2.45) is 7.05 Å². The van der Waals surface area contributed by atoms with Gasteiger partial charge in [0.1, 0.15) is 12.4 Å². The van der Waals surface area contributed by atoms with Gasteiger partial charge in [0.25, 0.3) is 0 Å². The first-order valence-electron chi connectivity index (χ1n) is 14.9. The van der Waals surface area contributed by atoms with Crippen molar-refractivity contribution in [3.8, 4) is 0 Å². The molecule has 10 nitrogen and oxygen atoms in total. The number of nitrogens with one attached hydrogen (secondary N) is 1. The molecule has 1 saturated carbocycles. The predicted octanol–water partition coefficient (Wildman–Crippen LogP) is 4.44. The third-order valence-corrected chi connectivity index (χ3v) is 9.06. The van der Waals surface area contributed by atoms with Crippen LogP contribution >= 0.6 is 0 Å². The van der Waals surface area contributed by atoms with Crippen molar-refractivity contribution in [2.75, 3.05) is 25.4 Å². The number of carbonyl (C=O) groups is 1. The van der Waals surface area contributed by atoms with Gasteiger partial charge in [-0.05, 0) is 62.9 Å². The highest BCUT2D eigenvalue weighted by Gasteiger charge is 2.35. The van der Waals surface area contributed by atoms with Crippen LogP contribution in [0, 0.1) is 0 Å². The highest BCUT2D eigenvalue weighted by Crippen LogP contribution is 2.29. The fourth-order valence-electron chi connectivity index (χ4n) is 4.90. The lowest BCUT2D eigenvalue weighted by Crippen LogP contribution is -2.34. The number of aryl methyl sites for hydroxylation is 2. The van der Waals surface area contributed by atoms with Crippen LogP contribution < -0.4 is 4.72 Å².